The zero-order valence-electron chi connectivity index (χ0n) is 15.8. The number of carbonyl (C=O) groups is 2. The summed E-state index contributed by atoms with van der Waals surface area (Å²) in [6.07, 6.45) is 0.277. The van der Waals surface area contributed by atoms with Crippen LogP contribution in [-0.4, -0.2) is 45.7 Å². The SMILES string of the molecule is Cc1nc(C(=O)N2CCC(=O)N(Cc3ccc(F)cc3)[C@@H](C(C)C)C2)cs1. The normalized spacial score (nSPS) is 18.1. The number of carbonyl (C=O) groups excluding carboxylic acids is 2. The summed E-state index contributed by atoms with van der Waals surface area (Å²) in [5, 5.41) is 2.62. The quantitative estimate of drug-likeness (QED) is 0.804. The van der Waals surface area contributed by atoms with Crippen molar-refractivity contribution in [1.29, 1.82) is 0 Å². The minimum absolute atomic E-state index is 0.0165. The van der Waals surface area contributed by atoms with Crippen molar-refractivity contribution in [3.05, 3.63) is 51.7 Å². The van der Waals surface area contributed by atoms with Crippen molar-refractivity contribution in [2.45, 2.75) is 39.8 Å². The second kappa shape index (κ2) is 8.17. The van der Waals surface area contributed by atoms with Crippen molar-refractivity contribution in [3.63, 3.8) is 0 Å². The number of rotatable bonds is 4. The zero-order chi connectivity index (χ0) is 19.6. The van der Waals surface area contributed by atoms with E-state index < -0.39 is 0 Å². The number of thiazole rings is 1. The fourth-order valence-corrected chi connectivity index (χ4v) is 3.93. The molecule has 2 heterocycles. The van der Waals surface area contributed by atoms with E-state index in [1.165, 1.54) is 23.5 Å². The molecule has 5 nitrogen and oxygen atoms in total. The molecule has 2 amide bonds. The van der Waals surface area contributed by atoms with Gasteiger partial charge in [-0.2, -0.15) is 0 Å². The molecular weight excluding hydrogens is 365 g/mol. The number of hydrogen-bond acceptors (Lipinski definition) is 4. The highest BCUT2D eigenvalue weighted by Gasteiger charge is 2.34. The summed E-state index contributed by atoms with van der Waals surface area (Å²) >= 11 is 1.45. The molecule has 0 bridgehead atoms. The first-order valence-electron chi connectivity index (χ1n) is 9.10. The van der Waals surface area contributed by atoms with Gasteiger partial charge in [-0.25, -0.2) is 9.37 Å². The zero-order valence-corrected chi connectivity index (χ0v) is 16.6. The van der Waals surface area contributed by atoms with Gasteiger partial charge in [-0.1, -0.05) is 26.0 Å². The van der Waals surface area contributed by atoms with E-state index in [1.807, 2.05) is 11.8 Å². The van der Waals surface area contributed by atoms with E-state index in [0.717, 1.165) is 10.6 Å². The van der Waals surface area contributed by atoms with Gasteiger partial charge in [0.2, 0.25) is 5.91 Å². The third kappa shape index (κ3) is 4.53. The minimum Gasteiger partial charge on any atom is -0.335 e. The number of hydrogen-bond donors (Lipinski definition) is 0. The van der Waals surface area contributed by atoms with Crippen LogP contribution < -0.4 is 0 Å². The molecular formula is C20H24FN3O2S. The molecule has 0 N–H and O–H groups in total. The Kier molecular flexibility index (Phi) is 5.89. The predicted molar refractivity (Wildman–Crippen MR) is 103 cm³/mol. The first kappa shape index (κ1) is 19.5. The monoisotopic (exact) mass is 389 g/mol. The highest BCUT2D eigenvalue weighted by Crippen LogP contribution is 2.22. The third-order valence-electron chi connectivity index (χ3n) is 4.88. The van der Waals surface area contributed by atoms with Gasteiger partial charge in [0.15, 0.2) is 0 Å². The molecule has 1 aromatic heterocycles. The molecule has 2 aromatic rings. The lowest BCUT2D eigenvalue weighted by Crippen LogP contribution is -2.47. The molecule has 0 saturated carbocycles. The largest absolute Gasteiger partial charge is 0.335 e. The molecule has 7 heteroatoms. The number of amides is 2. The number of halogens is 1. The van der Waals surface area contributed by atoms with Crippen molar-refractivity contribution in [3.8, 4) is 0 Å². The highest BCUT2D eigenvalue weighted by atomic mass is 32.1. The van der Waals surface area contributed by atoms with Crippen LogP contribution in [-0.2, 0) is 11.3 Å². The second-order valence-electron chi connectivity index (χ2n) is 7.21. The Bertz CT molecular complexity index is 819. The van der Waals surface area contributed by atoms with Gasteiger partial charge in [-0.05, 0) is 30.5 Å². The maximum absolute atomic E-state index is 13.2. The lowest BCUT2D eigenvalue weighted by Gasteiger charge is -2.34. The number of aryl methyl sites for hydroxylation is 1. The number of aromatic nitrogens is 1. The maximum Gasteiger partial charge on any atom is 0.273 e. The van der Waals surface area contributed by atoms with Gasteiger partial charge >= 0.3 is 0 Å². The maximum atomic E-state index is 13.2. The van der Waals surface area contributed by atoms with Gasteiger partial charge in [0.25, 0.3) is 5.91 Å². The van der Waals surface area contributed by atoms with E-state index in [0.29, 0.717) is 25.3 Å². The van der Waals surface area contributed by atoms with Gasteiger partial charge in [0.1, 0.15) is 11.5 Å². The van der Waals surface area contributed by atoms with Crippen LogP contribution in [0, 0.1) is 18.7 Å². The molecule has 1 aromatic carbocycles. The van der Waals surface area contributed by atoms with Crippen LogP contribution in [0.1, 0.15) is 41.3 Å². The average molecular weight is 389 g/mol. The Morgan fingerprint density at radius 3 is 2.63 bits per heavy atom. The second-order valence-corrected chi connectivity index (χ2v) is 8.27. The van der Waals surface area contributed by atoms with Crippen LogP contribution in [0.4, 0.5) is 4.39 Å². The predicted octanol–water partition coefficient (Wildman–Crippen LogP) is 3.49. The molecule has 1 aliphatic heterocycles. The fourth-order valence-electron chi connectivity index (χ4n) is 3.35. The standard InChI is InChI=1S/C20H24FN3O2S/c1-13(2)18-11-23(20(26)17-12-27-14(3)22-17)9-8-19(25)24(18)10-15-4-6-16(21)7-5-15/h4-7,12-13,18H,8-11H2,1-3H3/t18-/m1/s1. The lowest BCUT2D eigenvalue weighted by atomic mass is 10.0. The van der Waals surface area contributed by atoms with Crippen LogP contribution in [0.2, 0.25) is 0 Å². The van der Waals surface area contributed by atoms with Crippen LogP contribution in [0.3, 0.4) is 0 Å². The summed E-state index contributed by atoms with van der Waals surface area (Å²) in [5.41, 5.74) is 1.32. The van der Waals surface area contributed by atoms with Crippen molar-refractivity contribution in [1.82, 2.24) is 14.8 Å². The van der Waals surface area contributed by atoms with Gasteiger partial charge in [0, 0.05) is 31.4 Å². The summed E-state index contributed by atoms with van der Waals surface area (Å²) < 4.78 is 13.2. The van der Waals surface area contributed by atoms with Crippen LogP contribution in [0.25, 0.3) is 0 Å². The van der Waals surface area contributed by atoms with Gasteiger partial charge in [0.05, 0.1) is 11.0 Å². The molecule has 0 spiro atoms. The third-order valence-corrected chi connectivity index (χ3v) is 5.66. The number of nitrogens with zero attached hydrogens (tertiary/aromatic N) is 3. The first-order chi connectivity index (χ1) is 12.8. The smallest absolute Gasteiger partial charge is 0.273 e. The Labute approximate surface area is 162 Å². The minimum atomic E-state index is -0.295. The summed E-state index contributed by atoms with van der Waals surface area (Å²) in [6.45, 7) is 7.25. The molecule has 1 fully saturated rings. The van der Waals surface area contributed by atoms with Crippen molar-refractivity contribution in [2.75, 3.05) is 13.1 Å². The van der Waals surface area contributed by atoms with Gasteiger partial charge in [-0.15, -0.1) is 11.3 Å². The highest BCUT2D eigenvalue weighted by molar-refractivity contribution is 7.09. The van der Waals surface area contributed by atoms with E-state index in [2.05, 4.69) is 18.8 Å². The molecule has 144 valence electrons. The van der Waals surface area contributed by atoms with Crippen LogP contribution in [0.5, 0.6) is 0 Å². The molecule has 27 heavy (non-hydrogen) atoms. The molecule has 3 rings (SSSR count). The topological polar surface area (TPSA) is 53.5 Å². The van der Waals surface area contributed by atoms with Crippen LogP contribution in [0.15, 0.2) is 29.6 Å². The van der Waals surface area contributed by atoms with E-state index in [1.54, 1.807) is 22.4 Å². The Morgan fingerprint density at radius 1 is 1.33 bits per heavy atom. The molecule has 0 unspecified atom stereocenters. The van der Waals surface area contributed by atoms with Crippen molar-refractivity contribution >= 4 is 23.2 Å². The summed E-state index contributed by atoms with van der Waals surface area (Å²) in [6, 6.07) is 6.11. The Hall–Kier alpha value is -2.28. The molecule has 1 aliphatic rings. The molecule has 0 aliphatic carbocycles. The number of benzene rings is 1. The molecule has 1 atom stereocenters. The summed E-state index contributed by atoms with van der Waals surface area (Å²) in [4.78, 5) is 33.5. The van der Waals surface area contributed by atoms with Gasteiger partial charge < -0.3 is 9.80 Å². The van der Waals surface area contributed by atoms with Gasteiger partial charge in [-0.3, -0.25) is 9.59 Å². The van der Waals surface area contributed by atoms with E-state index in [4.69, 9.17) is 0 Å². The summed E-state index contributed by atoms with van der Waals surface area (Å²) in [7, 11) is 0. The van der Waals surface area contributed by atoms with E-state index in [-0.39, 0.29) is 36.0 Å². The van der Waals surface area contributed by atoms with E-state index >= 15 is 0 Å². The average Bonchev–Trinajstić information content (AvgIpc) is 3.00. The summed E-state index contributed by atoms with van der Waals surface area (Å²) in [5.74, 6) is -0.221. The Morgan fingerprint density at radius 2 is 2.04 bits per heavy atom. The van der Waals surface area contributed by atoms with E-state index in [9.17, 15) is 14.0 Å². The Balaban J connectivity index is 1.81. The molecule has 0 radical (unpaired) electrons. The lowest BCUT2D eigenvalue weighted by molar-refractivity contribution is -0.134. The van der Waals surface area contributed by atoms with Crippen LogP contribution >= 0.6 is 11.3 Å². The fraction of sp³-hybridized carbons (Fsp3) is 0.450. The van der Waals surface area contributed by atoms with Crippen molar-refractivity contribution in [2.24, 2.45) is 5.92 Å². The first-order valence-corrected chi connectivity index (χ1v) is 9.98. The van der Waals surface area contributed by atoms with Crippen molar-refractivity contribution < 1.29 is 14.0 Å². The molecule has 1 saturated heterocycles.